The van der Waals surface area contributed by atoms with Gasteiger partial charge >= 0.3 is 12.0 Å². The highest BCUT2D eigenvalue weighted by Gasteiger charge is 2.42. The van der Waals surface area contributed by atoms with Crippen LogP contribution in [0.2, 0.25) is 5.02 Å². The number of nitrogens with one attached hydrogen (secondary N) is 2. The molecule has 154 valence electrons. The molecule has 0 fully saturated rings. The molecule has 0 saturated heterocycles. The van der Waals surface area contributed by atoms with Gasteiger partial charge in [0.05, 0.1) is 23.0 Å². The van der Waals surface area contributed by atoms with Crippen LogP contribution in [0.25, 0.3) is 0 Å². The summed E-state index contributed by atoms with van der Waals surface area (Å²) in [7, 11) is 0. The second-order valence-corrected chi connectivity index (χ2v) is 7.43. The zero-order valence-corrected chi connectivity index (χ0v) is 16.6. The number of anilines is 1. The minimum absolute atomic E-state index is 0.00720. The van der Waals surface area contributed by atoms with Gasteiger partial charge in [0.1, 0.15) is 19.0 Å². The summed E-state index contributed by atoms with van der Waals surface area (Å²) in [4.78, 5) is 38.7. The number of hydrogen-bond acceptors (Lipinski definition) is 4. The normalized spacial score (nSPS) is 18.1. The zero-order chi connectivity index (χ0) is 21.4. The van der Waals surface area contributed by atoms with Gasteiger partial charge < -0.3 is 15.4 Å². The van der Waals surface area contributed by atoms with Crippen molar-refractivity contribution in [2.24, 2.45) is 0 Å². The molecule has 1 unspecified atom stereocenters. The molecule has 0 radical (unpaired) electrons. The van der Waals surface area contributed by atoms with E-state index in [0.717, 1.165) is 4.90 Å². The van der Waals surface area contributed by atoms with Gasteiger partial charge in [-0.1, -0.05) is 29.8 Å². The van der Waals surface area contributed by atoms with Crippen LogP contribution in [0, 0.1) is 12.7 Å². The highest BCUT2D eigenvalue weighted by molar-refractivity contribution is 6.30. The third-order valence-corrected chi connectivity index (χ3v) is 5.12. The topological polar surface area (TPSA) is 87.7 Å². The average molecular weight is 430 g/mol. The average Bonchev–Trinajstić information content (AvgIpc) is 3.08. The van der Waals surface area contributed by atoms with Gasteiger partial charge in [-0.05, 0) is 42.3 Å². The van der Waals surface area contributed by atoms with Crippen molar-refractivity contribution in [2.75, 3.05) is 18.5 Å². The van der Waals surface area contributed by atoms with Crippen molar-refractivity contribution in [1.29, 1.82) is 0 Å². The van der Waals surface area contributed by atoms with Gasteiger partial charge in [0.25, 0.3) is 0 Å². The first-order valence-corrected chi connectivity index (χ1v) is 9.51. The SMILES string of the molecule is Cc1ccc(NC(=O)CN2C(=O)NC(c3cccc(Cl)c3)C3=C2COC3=O)c(F)c1. The predicted octanol–water partition coefficient (Wildman–Crippen LogP) is 3.30. The summed E-state index contributed by atoms with van der Waals surface area (Å²) in [5, 5.41) is 5.62. The summed E-state index contributed by atoms with van der Waals surface area (Å²) in [5.74, 6) is -1.77. The highest BCUT2D eigenvalue weighted by atomic mass is 35.5. The Bertz CT molecular complexity index is 1100. The van der Waals surface area contributed by atoms with Crippen LogP contribution in [-0.4, -0.2) is 36.0 Å². The number of amides is 3. The number of cyclic esters (lactones) is 1. The number of rotatable bonds is 4. The van der Waals surface area contributed by atoms with E-state index in [2.05, 4.69) is 10.6 Å². The van der Waals surface area contributed by atoms with E-state index in [4.69, 9.17) is 16.3 Å². The second-order valence-electron chi connectivity index (χ2n) is 6.99. The molecule has 4 rings (SSSR count). The number of urea groups is 1. The van der Waals surface area contributed by atoms with Gasteiger partial charge in [0, 0.05) is 5.02 Å². The molecule has 1 atom stereocenters. The first-order chi connectivity index (χ1) is 14.3. The number of carbonyl (C=O) groups excluding carboxylic acids is 3. The van der Waals surface area contributed by atoms with Crippen LogP contribution in [0.1, 0.15) is 17.2 Å². The number of halogens is 2. The van der Waals surface area contributed by atoms with E-state index >= 15 is 0 Å². The fraction of sp³-hybridized carbons (Fsp3) is 0.190. The molecule has 0 aliphatic carbocycles. The molecular formula is C21H17ClFN3O4. The van der Waals surface area contributed by atoms with Crippen molar-refractivity contribution in [2.45, 2.75) is 13.0 Å². The van der Waals surface area contributed by atoms with Crippen molar-refractivity contribution < 1.29 is 23.5 Å². The molecule has 30 heavy (non-hydrogen) atoms. The van der Waals surface area contributed by atoms with E-state index in [1.807, 2.05) is 0 Å². The molecule has 0 aromatic heterocycles. The van der Waals surface area contributed by atoms with Gasteiger partial charge in [0.15, 0.2) is 0 Å². The lowest BCUT2D eigenvalue weighted by atomic mass is 9.96. The molecular weight excluding hydrogens is 413 g/mol. The Morgan fingerprint density at radius 1 is 1.30 bits per heavy atom. The predicted molar refractivity (Wildman–Crippen MR) is 107 cm³/mol. The highest BCUT2D eigenvalue weighted by Crippen LogP contribution is 2.35. The van der Waals surface area contributed by atoms with Gasteiger partial charge in [-0.2, -0.15) is 0 Å². The zero-order valence-electron chi connectivity index (χ0n) is 15.9. The Morgan fingerprint density at radius 2 is 2.10 bits per heavy atom. The summed E-state index contributed by atoms with van der Waals surface area (Å²) >= 11 is 6.04. The lowest BCUT2D eigenvalue weighted by Crippen LogP contribution is -2.49. The van der Waals surface area contributed by atoms with Crippen molar-refractivity contribution in [3.8, 4) is 0 Å². The lowest BCUT2D eigenvalue weighted by molar-refractivity contribution is -0.136. The van der Waals surface area contributed by atoms with Crippen LogP contribution >= 0.6 is 11.6 Å². The van der Waals surface area contributed by atoms with Crippen molar-refractivity contribution in [3.05, 3.63) is 75.7 Å². The number of benzene rings is 2. The van der Waals surface area contributed by atoms with E-state index < -0.39 is 36.3 Å². The second kappa shape index (κ2) is 7.79. The van der Waals surface area contributed by atoms with E-state index in [0.29, 0.717) is 21.8 Å². The molecule has 2 heterocycles. The number of esters is 1. The molecule has 0 spiro atoms. The molecule has 3 amide bonds. The quantitative estimate of drug-likeness (QED) is 0.730. The lowest BCUT2D eigenvalue weighted by Gasteiger charge is -2.32. The number of nitrogens with zero attached hydrogens (tertiary/aromatic N) is 1. The minimum atomic E-state index is -0.741. The van der Waals surface area contributed by atoms with Crippen molar-refractivity contribution >= 4 is 35.2 Å². The molecule has 7 nitrogen and oxygen atoms in total. The molecule has 2 N–H and O–H groups in total. The Kier molecular flexibility index (Phi) is 5.17. The molecule has 0 bridgehead atoms. The van der Waals surface area contributed by atoms with Gasteiger partial charge in [-0.3, -0.25) is 9.69 Å². The van der Waals surface area contributed by atoms with Crippen LogP contribution < -0.4 is 10.6 Å². The third-order valence-electron chi connectivity index (χ3n) is 4.88. The summed E-state index contributed by atoms with van der Waals surface area (Å²) in [5.41, 5.74) is 1.88. The van der Waals surface area contributed by atoms with E-state index in [-0.39, 0.29) is 17.9 Å². The Hall–Kier alpha value is -3.39. The Morgan fingerprint density at radius 3 is 2.83 bits per heavy atom. The molecule has 0 saturated carbocycles. The van der Waals surface area contributed by atoms with Crippen LogP contribution in [0.5, 0.6) is 0 Å². The number of aryl methyl sites for hydroxylation is 1. The van der Waals surface area contributed by atoms with Gasteiger partial charge in [0.2, 0.25) is 5.91 Å². The molecule has 2 aromatic carbocycles. The number of ether oxygens (including phenoxy) is 1. The fourth-order valence-corrected chi connectivity index (χ4v) is 3.67. The van der Waals surface area contributed by atoms with Crippen LogP contribution in [0.15, 0.2) is 53.7 Å². The summed E-state index contributed by atoms with van der Waals surface area (Å²) in [6.45, 7) is 1.19. The minimum Gasteiger partial charge on any atom is -0.456 e. The molecule has 2 aliphatic heterocycles. The van der Waals surface area contributed by atoms with Gasteiger partial charge in [-0.25, -0.2) is 14.0 Å². The Labute approximate surface area is 176 Å². The fourth-order valence-electron chi connectivity index (χ4n) is 3.47. The maximum absolute atomic E-state index is 14.0. The van der Waals surface area contributed by atoms with Crippen LogP contribution in [-0.2, 0) is 14.3 Å². The first kappa shape index (κ1) is 19.9. The monoisotopic (exact) mass is 429 g/mol. The number of carbonyl (C=O) groups is 3. The Balaban J connectivity index is 1.60. The van der Waals surface area contributed by atoms with E-state index in [1.165, 1.54) is 12.1 Å². The molecule has 9 heteroatoms. The van der Waals surface area contributed by atoms with Gasteiger partial charge in [-0.15, -0.1) is 0 Å². The summed E-state index contributed by atoms with van der Waals surface area (Å²) in [6, 6.07) is 9.85. The maximum atomic E-state index is 14.0. The smallest absolute Gasteiger partial charge is 0.338 e. The van der Waals surface area contributed by atoms with Crippen LogP contribution in [0.4, 0.5) is 14.9 Å². The van der Waals surface area contributed by atoms with E-state index in [9.17, 15) is 18.8 Å². The summed E-state index contributed by atoms with van der Waals surface area (Å²) in [6.07, 6.45) is 0. The van der Waals surface area contributed by atoms with Crippen molar-refractivity contribution in [3.63, 3.8) is 0 Å². The molecule has 2 aromatic rings. The number of hydrogen-bond donors (Lipinski definition) is 2. The standard InChI is InChI=1S/C21H17ClFN3O4/c1-11-5-6-15(14(23)7-11)24-17(27)9-26-16-10-30-20(28)18(16)19(25-21(26)29)12-3-2-4-13(22)8-12/h2-8,19H,9-10H2,1H3,(H,24,27)(H,25,29). The maximum Gasteiger partial charge on any atom is 0.338 e. The van der Waals surface area contributed by atoms with Crippen LogP contribution in [0.3, 0.4) is 0 Å². The summed E-state index contributed by atoms with van der Waals surface area (Å²) < 4.78 is 19.1. The first-order valence-electron chi connectivity index (χ1n) is 9.13. The van der Waals surface area contributed by atoms with E-state index in [1.54, 1.807) is 37.3 Å². The van der Waals surface area contributed by atoms with Crippen molar-refractivity contribution in [1.82, 2.24) is 10.2 Å². The third kappa shape index (κ3) is 3.73. The largest absolute Gasteiger partial charge is 0.456 e. The molecule has 2 aliphatic rings.